The molecule has 1 heterocycles. The van der Waals surface area contributed by atoms with E-state index >= 15 is 0 Å². The van der Waals surface area contributed by atoms with Gasteiger partial charge in [0.05, 0.1) is 5.60 Å². The van der Waals surface area contributed by atoms with E-state index in [2.05, 4.69) is 4.90 Å². The van der Waals surface area contributed by atoms with Crippen molar-refractivity contribution >= 4 is 0 Å². The fraction of sp³-hybridized carbons (Fsp3) is 1.00. The maximum Gasteiger partial charge on any atom is 0.0867 e. The second-order valence-electron chi connectivity index (χ2n) is 6.18. The lowest BCUT2D eigenvalue weighted by Gasteiger charge is -2.41. The highest BCUT2D eigenvalue weighted by molar-refractivity contribution is 4.91. The average Bonchev–Trinajstić information content (AvgIpc) is 2.71. The lowest BCUT2D eigenvalue weighted by atomic mass is 9.77. The Morgan fingerprint density at radius 2 is 1.75 bits per heavy atom. The fourth-order valence-corrected chi connectivity index (χ4v) is 3.36. The number of hydrogen-bond donors (Lipinski definition) is 2. The number of nitrogens with zero attached hydrogens (tertiary/aromatic N) is 1. The Hall–Kier alpha value is -0.120. The molecule has 3 nitrogen and oxygen atoms in total. The van der Waals surface area contributed by atoms with Crippen LogP contribution in [-0.2, 0) is 0 Å². The lowest BCUT2D eigenvalue weighted by molar-refractivity contribution is 0.00451. The van der Waals surface area contributed by atoms with Crippen LogP contribution in [0.1, 0.15) is 45.4 Å². The fourth-order valence-electron chi connectivity index (χ4n) is 3.36. The van der Waals surface area contributed by atoms with Gasteiger partial charge in [0.2, 0.25) is 0 Å². The maximum atomic E-state index is 9.97. The van der Waals surface area contributed by atoms with E-state index < -0.39 is 5.60 Å². The normalized spacial score (nSPS) is 29.4. The molecule has 1 aliphatic carbocycles. The van der Waals surface area contributed by atoms with Crippen LogP contribution in [0.2, 0.25) is 0 Å². The highest BCUT2D eigenvalue weighted by Crippen LogP contribution is 2.46. The van der Waals surface area contributed by atoms with E-state index in [1.54, 1.807) is 0 Å². The predicted octanol–water partition coefficient (Wildman–Crippen LogP) is 1.35. The first-order valence-corrected chi connectivity index (χ1v) is 6.70. The number of hydrogen-bond acceptors (Lipinski definition) is 3. The van der Waals surface area contributed by atoms with Crippen LogP contribution in [0.4, 0.5) is 0 Å². The standard InChI is InChI=1S/C13H26N2O/c1-12(16,10-14)11-15-8-6-13(7-9-15)4-2-3-5-13/h16H,2-11,14H2,1H3. The number of aliphatic hydroxyl groups is 1. The van der Waals surface area contributed by atoms with Gasteiger partial charge in [0, 0.05) is 13.1 Å². The van der Waals surface area contributed by atoms with Crippen molar-refractivity contribution < 1.29 is 5.11 Å². The summed E-state index contributed by atoms with van der Waals surface area (Å²) in [7, 11) is 0. The molecule has 1 unspecified atom stereocenters. The monoisotopic (exact) mass is 226 g/mol. The van der Waals surface area contributed by atoms with E-state index in [1.165, 1.54) is 38.5 Å². The third-order valence-electron chi connectivity index (χ3n) is 4.58. The second-order valence-corrected chi connectivity index (χ2v) is 6.18. The highest BCUT2D eigenvalue weighted by atomic mass is 16.3. The molecule has 1 saturated carbocycles. The molecule has 2 aliphatic rings. The van der Waals surface area contributed by atoms with E-state index in [4.69, 9.17) is 5.73 Å². The minimum absolute atomic E-state index is 0.356. The Morgan fingerprint density at radius 3 is 2.25 bits per heavy atom. The van der Waals surface area contributed by atoms with Gasteiger partial charge in [0.25, 0.3) is 0 Å². The van der Waals surface area contributed by atoms with Crippen molar-refractivity contribution in [1.29, 1.82) is 0 Å². The van der Waals surface area contributed by atoms with Crippen molar-refractivity contribution in [1.82, 2.24) is 4.90 Å². The third kappa shape index (κ3) is 2.76. The molecule has 0 bridgehead atoms. The van der Waals surface area contributed by atoms with Crippen molar-refractivity contribution in [3.05, 3.63) is 0 Å². The van der Waals surface area contributed by atoms with E-state index in [9.17, 15) is 5.11 Å². The molecule has 0 amide bonds. The summed E-state index contributed by atoms with van der Waals surface area (Å²) < 4.78 is 0. The predicted molar refractivity (Wildman–Crippen MR) is 66.3 cm³/mol. The summed E-state index contributed by atoms with van der Waals surface area (Å²) in [5, 5.41) is 9.97. The zero-order valence-corrected chi connectivity index (χ0v) is 10.5. The van der Waals surface area contributed by atoms with Gasteiger partial charge >= 0.3 is 0 Å². The zero-order valence-electron chi connectivity index (χ0n) is 10.5. The molecule has 16 heavy (non-hydrogen) atoms. The highest BCUT2D eigenvalue weighted by Gasteiger charge is 2.37. The van der Waals surface area contributed by atoms with Gasteiger partial charge in [-0.3, -0.25) is 0 Å². The molecule has 0 aromatic rings. The molecule has 0 aromatic heterocycles. The molecule has 94 valence electrons. The average molecular weight is 226 g/mol. The maximum absolute atomic E-state index is 9.97. The van der Waals surface area contributed by atoms with Crippen LogP contribution in [0.5, 0.6) is 0 Å². The van der Waals surface area contributed by atoms with Crippen LogP contribution in [-0.4, -0.2) is 41.8 Å². The summed E-state index contributed by atoms with van der Waals surface area (Å²) in [6, 6.07) is 0. The Morgan fingerprint density at radius 1 is 1.19 bits per heavy atom. The summed E-state index contributed by atoms with van der Waals surface area (Å²) in [4.78, 5) is 2.39. The molecule has 2 fully saturated rings. The topological polar surface area (TPSA) is 49.5 Å². The first-order valence-electron chi connectivity index (χ1n) is 6.70. The smallest absolute Gasteiger partial charge is 0.0867 e. The lowest BCUT2D eigenvalue weighted by Crippen LogP contribution is -2.49. The van der Waals surface area contributed by atoms with E-state index in [0.717, 1.165) is 19.6 Å². The first-order chi connectivity index (χ1) is 7.55. The van der Waals surface area contributed by atoms with Gasteiger partial charge in [-0.15, -0.1) is 0 Å². The van der Waals surface area contributed by atoms with Crippen molar-refractivity contribution in [2.75, 3.05) is 26.2 Å². The summed E-state index contributed by atoms with van der Waals surface area (Å²) in [6.45, 7) is 5.23. The molecular formula is C13H26N2O. The Labute approximate surface area is 99.0 Å². The van der Waals surface area contributed by atoms with Crippen molar-refractivity contribution in [2.24, 2.45) is 11.1 Å². The van der Waals surface area contributed by atoms with Crippen LogP contribution >= 0.6 is 0 Å². The molecule has 2 rings (SSSR count). The molecular weight excluding hydrogens is 200 g/mol. The van der Waals surface area contributed by atoms with E-state index in [-0.39, 0.29) is 0 Å². The molecule has 0 radical (unpaired) electrons. The molecule has 1 saturated heterocycles. The molecule has 1 aliphatic heterocycles. The van der Waals surface area contributed by atoms with Gasteiger partial charge in [0.1, 0.15) is 0 Å². The summed E-state index contributed by atoms with van der Waals surface area (Å²) in [5.41, 5.74) is 5.53. The quantitative estimate of drug-likeness (QED) is 0.764. The van der Waals surface area contributed by atoms with Gasteiger partial charge in [-0.2, -0.15) is 0 Å². The summed E-state index contributed by atoms with van der Waals surface area (Å²) >= 11 is 0. The summed E-state index contributed by atoms with van der Waals surface area (Å²) in [5.74, 6) is 0. The molecule has 3 heteroatoms. The van der Waals surface area contributed by atoms with Crippen LogP contribution in [0.3, 0.4) is 0 Å². The molecule has 1 spiro atoms. The number of rotatable bonds is 3. The van der Waals surface area contributed by atoms with Crippen molar-refractivity contribution in [3.63, 3.8) is 0 Å². The number of nitrogens with two attached hydrogens (primary N) is 1. The van der Waals surface area contributed by atoms with Crippen LogP contribution in [0, 0.1) is 5.41 Å². The van der Waals surface area contributed by atoms with Crippen LogP contribution in [0.15, 0.2) is 0 Å². The second kappa shape index (κ2) is 4.63. The molecule has 3 N–H and O–H groups in total. The number of likely N-dealkylation sites (tertiary alicyclic amines) is 1. The van der Waals surface area contributed by atoms with Gasteiger partial charge in [-0.05, 0) is 51.1 Å². The van der Waals surface area contributed by atoms with Crippen LogP contribution in [0.25, 0.3) is 0 Å². The van der Waals surface area contributed by atoms with Gasteiger partial charge in [-0.1, -0.05) is 12.8 Å². The number of piperidine rings is 1. The largest absolute Gasteiger partial charge is 0.388 e. The Balaban J connectivity index is 1.81. The zero-order chi connectivity index (χ0) is 11.6. The van der Waals surface area contributed by atoms with Crippen molar-refractivity contribution in [3.8, 4) is 0 Å². The number of β-amino-alcohol motifs (C(OH)–C–C–N with tert-alkyl or cyclic N) is 1. The Bertz CT molecular complexity index is 224. The minimum Gasteiger partial charge on any atom is -0.388 e. The van der Waals surface area contributed by atoms with Crippen LogP contribution < -0.4 is 5.73 Å². The van der Waals surface area contributed by atoms with Gasteiger partial charge in [-0.25, -0.2) is 0 Å². The van der Waals surface area contributed by atoms with Gasteiger partial charge < -0.3 is 15.7 Å². The molecule has 1 atom stereocenters. The molecule has 0 aromatic carbocycles. The first kappa shape index (κ1) is 12.3. The van der Waals surface area contributed by atoms with Gasteiger partial charge in [0.15, 0.2) is 0 Å². The van der Waals surface area contributed by atoms with Crippen molar-refractivity contribution in [2.45, 2.75) is 51.0 Å². The van der Waals surface area contributed by atoms with E-state index in [1.807, 2.05) is 6.92 Å². The SMILES string of the molecule is CC(O)(CN)CN1CCC2(CCCC2)CC1. The minimum atomic E-state index is -0.708. The van der Waals surface area contributed by atoms with E-state index in [0.29, 0.717) is 12.0 Å². The Kier molecular flexibility index (Phi) is 3.57. The third-order valence-corrected chi connectivity index (χ3v) is 4.58. The summed E-state index contributed by atoms with van der Waals surface area (Å²) in [6.07, 6.45) is 8.39.